The van der Waals surface area contributed by atoms with Crippen LogP contribution >= 0.6 is 23.7 Å². The van der Waals surface area contributed by atoms with Crippen LogP contribution in [-0.2, 0) is 0 Å². The lowest BCUT2D eigenvalue weighted by Gasteiger charge is -2.14. The first kappa shape index (κ1) is 20.1. The molecule has 1 aromatic heterocycles. The summed E-state index contributed by atoms with van der Waals surface area (Å²) in [6.45, 7) is 4.51. The second-order valence-corrected chi connectivity index (χ2v) is 6.60. The molecule has 1 unspecified atom stereocenters. The zero-order chi connectivity index (χ0) is 17.0. The Morgan fingerprint density at radius 2 is 1.79 bits per heavy atom. The van der Waals surface area contributed by atoms with E-state index < -0.39 is 4.92 Å². The molecule has 0 saturated heterocycles. The van der Waals surface area contributed by atoms with Crippen molar-refractivity contribution in [2.24, 2.45) is 5.73 Å². The third-order valence-corrected chi connectivity index (χ3v) is 4.55. The van der Waals surface area contributed by atoms with Gasteiger partial charge in [0.1, 0.15) is 0 Å². The summed E-state index contributed by atoms with van der Waals surface area (Å²) in [6, 6.07) is 10.4. The molecule has 0 spiro atoms. The number of nitrogens with two attached hydrogens (primary N) is 1. The number of carbonyl (C=O) groups excluding carboxylic acids is 1. The van der Waals surface area contributed by atoms with E-state index >= 15 is 0 Å². The van der Waals surface area contributed by atoms with Gasteiger partial charge in [0.15, 0.2) is 0 Å². The van der Waals surface area contributed by atoms with Crippen LogP contribution in [0.1, 0.15) is 46.6 Å². The molecule has 3 N–H and O–H groups in total. The van der Waals surface area contributed by atoms with E-state index in [0.717, 1.165) is 16.9 Å². The van der Waals surface area contributed by atoms with E-state index in [1.165, 1.54) is 17.7 Å². The first-order valence-electron chi connectivity index (χ1n) is 7.26. The van der Waals surface area contributed by atoms with E-state index in [4.69, 9.17) is 5.73 Å². The van der Waals surface area contributed by atoms with Crippen LogP contribution in [0.15, 0.2) is 36.4 Å². The quantitative estimate of drug-likeness (QED) is 0.600. The van der Waals surface area contributed by atoms with Crippen LogP contribution in [-0.4, -0.2) is 17.4 Å². The van der Waals surface area contributed by atoms with Gasteiger partial charge in [0.05, 0.1) is 9.80 Å². The number of nitrogens with one attached hydrogen (secondary N) is 1. The number of halogens is 1. The van der Waals surface area contributed by atoms with Gasteiger partial charge < -0.3 is 11.1 Å². The average Bonchev–Trinajstić information content (AvgIpc) is 3.02. The minimum Gasteiger partial charge on any atom is -0.349 e. The van der Waals surface area contributed by atoms with Crippen LogP contribution in [0.3, 0.4) is 0 Å². The molecule has 1 atom stereocenters. The second kappa shape index (κ2) is 8.77. The highest BCUT2D eigenvalue weighted by atomic mass is 35.5. The Kier molecular flexibility index (Phi) is 7.34. The Balaban J connectivity index is 0.00000288. The molecule has 6 nitrogen and oxygen atoms in total. The average molecular weight is 370 g/mol. The van der Waals surface area contributed by atoms with Gasteiger partial charge in [-0.15, -0.1) is 12.4 Å². The highest BCUT2D eigenvalue weighted by Gasteiger charge is 2.16. The molecule has 0 radical (unpaired) electrons. The maximum atomic E-state index is 12.0. The molecule has 0 fully saturated rings. The zero-order valence-electron chi connectivity index (χ0n) is 13.4. The number of nitrogens with zero attached hydrogens (tertiary/aromatic N) is 1. The summed E-state index contributed by atoms with van der Waals surface area (Å²) in [4.78, 5) is 22.4. The Morgan fingerprint density at radius 3 is 2.29 bits per heavy atom. The minimum absolute atomic E-state index is 0. The largest absolute Gasteiger partial charge is 0.349 e. The lowest BCUT2D eigenvalue weighted by atomic mass is 9.99. The lowest BCUT2D eigenvalue weighted by molar-refractivity contribution is -0.380. The maximum absolute atomic E-state index is 12.0. The topological polar surface area (TPSA) is 98.3 Å². The first-order chi connectivity index (χ1) is 10.9. The summed E-state index contributed by atoms with van der Waals surface area (Å²) in [5.41, 5.74) is 8.25. The predicted octanol–water partition coefficient (Wildman–Crippen LogP) is 3.63. The fourth-order valence-electron chi connectivity index (χ4n) is 2.08. The van der Waals surface area contributed by atoms with Gasteiger partial charge in [-0.25, -0.2) is 0 Å². The van der Waals surface area contributed by atoms with E-state index in [-0.39, 0.29) is 35.9 Å². The van der Waals surface area contributed by atoms with Crippen molar-refractivity contribution in [1.82, 2.24) is 5.32 Å². The predicted molar refractivity (Wildman–Crippen MR) is 98.0 cm³/mol. The molecule has 0 saturated carbocycles. The molecule has 24 heavy (non-hydrogen) atoms. The summed E-state index contributed by atoms with van der Waals surface area (Å²) >= 11 is 0.850. The molecule has 1 amide bonds. The molecular formula is C16H20ClN3O3S. The molecule has 8 heteroatoms. The number of benzene rings is 1. The Labute approximate surface area is 150 Å². The van der Waals surface area contributed by atoms with Gasteiger partial charge in [0.25, 0.3) is 5.91 Å². The van der Waals surface area contributed by atoms with Crippen molar-refractivity contribution >= 4 is 34.7 Å². The summed E-state index contributed by atoms with van der Waals surface area (Å²) < 4.78 is 0. The Morgan fingerprint density at radius 1 is 1.21 bits per heavy atom. The highest BCUT2D eigenvalue weighted by molar-refractivity contribution is 7.17. The third kappa shape index (κ3) is 5.02. The monoisotopic (exact) mass is 369 g/mol. The first-order valence-corrected chi connectivity index (χ1v) is 8.08. The van der Waals surface area contributed by atoms with Gasteiger partial charge in [-0.3, -0.25) is 14.9 Å². The summed E-state index contributed by atoms with van der Waals surface area (Å²) in [5.74, 6) is 0.104. The molecule has 0 bridgehead atoms. The fourth-order valence-corrected chi connectivity index (χ4v) is 2.82. The smallest absolute Gasteiger partial charge is 0.324 e. The molecule has 1 aromatic carbocycles. The van der Waals surface area contributed by atoms with E-state index in [2.05, 4.69) is 19.2 Å². The van der Waals surface area contributed by atoms with Gasteiger partial charge in [-0.2, -0.15) is 0 Å². The third-order valence-electron chi connectivity index (χ3n) is 3.51. The normalized spacial score (nSPS) is 11.7. The number of thiophene rings is 1. The van der Waals surface area contributed by atoms with Crippen molar-refractivity contribution in [1.29, 1.82) is 0 Å². The van der Waals surface area contributed by atoms with Crippen LogP contribution in [0.5, 0.6) is 0 Å². The highest BCUT2D eigenvalue weighted by Crippen LogP contribution is 2.24. The molecule has 2 aromatic rings. The van der Waals surface area contributed by atoms with Crippen molar-refractivity contribution in [3.63, 3.8) is 0 Å². The molecule has 0 aliphatic carbocycles. The molecule has 0 aliphatic rings. The maximum Gasteiger partial charge on any atom is 0.324 e. The Hall–Kier alpha value is -1.96. The van der Waals surface area contributed by atoms with Crippen LogP contribution in [0.25, 0.3) is 0 Å². The van der Waals surface area contributed by atoms with Crippen molar-refractivity contribution in [2.75, 3.05) is 6.54 Å². The molecule has 1 heterocycles. The SMILES string of the molecule is CC(C)c1ccc(C(N)CNC(=O)c2ccc([N+](=O)[O-])s2)cc1.Cl. The summed E-state index contributed by atoms with van der Waals surface area (Å²) in [5, 5.41) is 13.3. The molecule has 2 rings (SSSR count). The number of rotatable bonds is 6. The van der Waals surface area contributed by atoms with Crippen LogP contribution < -0.4 is 11.1 Å². The zero-order valence-corrected chi connectivity index (χ0v) is 15.0. The van der Waals surface area contributed by atoms with Gasteiger partial charge >= 0.3 is 5.00 Å². The van der Waals surface area contributed by atoms with Crippen LogP contribution in [0, 0.1) is 10.1 Å². The van der Waals surface area contributed by atoms with Crippen molar-refractivity contribution in [2.45, 2.75) is 25.8 Å². The standard InChI is InChI=1S/C16H19N3O3S.ClH/c1-10(2)11-3-5-12(6-4-11)13(17)9-18-16(20)14-7-8-15(23-14)19(21)22;/h3-8,10,13H,9,17H2,1-2H3,(H,18,20);1H. The molecule has 130 valence electrons. The van der Waals surface area contributed by atoms with Gasteiger partial charge in [0.2, 0.25) is 0 Å². The number of hydrogen-bond acceptors (Lipinski definition) is 5. The number of nitro groups is 1. The van der Waals surface area contributed by atoms with Gasteiger partial charge in [0, 0.05) is 18.7 Å². The van der Waals surface area contributed by atoms with Crippen molar-refractivity contribution in [3.05, 3.63) is 62.5 Å². The van der Waals surface area contributed by atoms with E-state index in [9.17, 15) is 14.9 Å². The Bertz CT molecular complexity index is 701. The summed E-state index contributed by atoms with van der Waals surface area (Å²) in [7, 11) is 0. The van der Waals surface area contributed by atoms with Crippen molar-refractivity contribution < 1.29 is 9.72 Å². The van der Waals surface area contributed by atoms with Gasteiger partial charge in [-0.05, 0) is 23.1 Å². The van der Waals surface area contributed by atoms with E-state index in [1.807, 2.05) is 24.3 Å². The van der Waals surface area contributed by atoms with E-state index in [0.29, 0.717) is 10.8 Å². The summed E-state index contributed by atoms with van der Waals surface area (Å²) in [6.07, 6.45) is 0. The molecule has 0 aliphatic heterocycles. The van der Waals surface area contributed by atoms with Crippen molar-refractivity contribution in [3.8, 4) is 0 Å². The lowest BCUT2D eigenvalue weighted by Crippen LogP contribution is -2.31. The van der Waals surface area contributed by atoms with E-state index in [1.54, 1.807) is 0 Å². The second-order valence-electron chi connectivity index (χ2n) is 5.53. The number of amides is 1. The van der Waals surface area contributed by atoms with Gasteiger partial charge in [-0.1, -0.05) is 49.4 Å². The minimum atomic E-state index is -0.510. The van der Waals surface area contributed by atoms with Crippen LogP contribution in [0.4, 0.5) is 5.00 Å². The fraction of sp³-hybridized carbons (Fsp3) is 0.312. The number of hydrogen-bond donors (Lipinski definition) is 2. The molecular weight excluding hydrogens is 350 g/mol. The van der Waals surface area contributed by atoms with Crippen LogP contribution in [0.2, 0.25) is 0 Å². The number of carbonyl (C=O) groups is 1.